The Morgan fingerprint density at radius 3 is 2.17 bits per heavy atom. The Balaban J connectivity index is 1.22. The number of rotatable bonds is 5. The SMILES string of the molecule is CC1(C)[C@H](O)CC[C@]2(C)[C@H]3CCC4[C@@H]5[C@H](C6(COC(=O)C7CC7)CO6)CC[C@]5(C(=O)O)CC[C@@]4(C)[C@]3(C)CC[C@@H]12. The Morgan fingerprint density at radius 1 is 0.800 bits per heavy atom. The van der Waals surface area contributed by atoms with E-state index in [1.54, 1.807) is 0 Å². The van der Waals surface area contributed by atoms with E-state index in [-0.39, 0.29) is 51.5 Å². The molecular weight excluding hydrogens is 504 g/mol. The molecule has 1 saturated heterocycles. The fraction of sp³-hybridized carbons (Fsp3) is 0.941. The van der Waals surface area contributed by atoms with Crippen molar-refractivity contribution < 1.29 is 29.3 Å². The Kier molecular flexibility index (Phi) is 5.87. The second kappa shape index (κ2) is 8.49. The first-order valence-corrected chi connectivity index (χ1v) is 16.5. The standard InChI is InChI=1S/C34H52O6/c1-29(2)23-11-14-32(5)24(30(23,3)13-12-25(29)35)9-8-21-26-22(34(19-40-34)18-39-27(36)20-6-7-20)10-15-33(26,28(37)38)17-16-31(21,32)4/h20-26,35H,6-19H2,1-5H3,(H,37,38)/t21?,22-,23+,24-,25-,26-,30+,31-,32-,33+,34?/m1/s1. The van der Waals surface area contributed by atoms with Crippen LogP contribution < -0.4 is 0 Å². The van der Waals surface area contributed by atoms with Gasteiger partial charge in [-0.05, 0) is 128 Å². The molecular formula is C34H52O6. The van der Waals surface area contributed by atoms with E-state index in [1.165, 1.54) is 6.42 Å². The fourth-order valence-electron chi connectivity index (χ4n) is 12.7. The zero-order valence-corrected chi connectivity index (χ0v) is 25.5. The summed E-state index contributed by atoms with van der Waals surface area (Å²) < 4.78 is 12.0. The molecule has 7 rings (SSSR count). The summed E-state index contributed by atoms with van der Waals surface area (Å²) in [7, 11) is 0. The molecule has 1 aliphatic heterocycles. The highest BCUT2D eigenvalue weighted by Gasteiger charge is 2.74. The number of hydrogen-bond acceptors (Lipinski definition) is 5. The van der Waals surface area contributed by atoms with Crippen LogP contribution in [0.15, 0.2) is 0 Å². The highest BCUT2D eigenvalue weighted by atomic mass is 16.6. The van der Waals surface area contributed by atoms with E-state index in [0.717, 1.165) is 70.6 Å². The summed E-state index contributed by atoms with van der Waals surface area (Å²) in [5.74, 6) is 1.02. The molecule has 6 nitrogen and oxygen atoms in total. The van der Waals surface area contributed by atoms with E-state index in [1.807, 2.05) is 0 Å². The fourth-order valence-corrected chi connectivity index (χ4v) is 12.7. The van der Waals surface area contributed by atoms with Crippen LogP contribution in [-0.4, -0.2) is 47.1 Å². The topological polar surface area (TPSA) is 96.4 Å². The summed E-state index contributed by atoms with van der Waals surface area (Å²) in [5.41, 5.74) is -0.825. The van der Waals surface area contributed by atoms with Crippen LogP contribution in [0, 0.1) is 62.6 Å². The number of carboxylic acids is 1. The molecule has 6 aliphatic carbocycles. The first kappa shape index (κ1) is 27.7. The van der Waals surface area contributed by atoms with Crippen molar-refractivity contribution in [3.05, 3.63) is 0 Å². The lowest BCUT2D eigenvalue weighted by Gasteiger charge is -2.72. The minimum atomic E-state index is -0.685. The molecule has 7 aliphatic rings. The Labute approximate surface area is 240 Å². The van der Waals surface area contributed by atoms with Crippen molar-refractivity contribution in [2.75, 3.05) is 13.2 Å². The van der Waals surface area contributed by atoms with Crippen LogP contribution in [0.25, 0.3) is 0 Å². The zero-order valence-electron chi connectivity index (χ0n) is 25.5. The van der Waals surface area contributed by atoms with Gasteiger partial charge in [-0.2, -0.15) is 0 Å². The lowest BCUT2D eigenvalue weighted by molar-refractivity contribution is -0.250. The Morgan fingerprint density at radius 2 is 1.52 bits per heavy atom. The average molecular weight is 557 g/mol. The van der Waals surface area contributed by atoms with Crippen LogP contribution in [-0.2, 0) is 19.1 Å². The molecule has 7 fully saturated rings. The zero-order chi connectivity index (χ0) is 28.5. The molecule has 0 bridgehead atoms. The molecule has 6 saturated carbocycles. The molecule has 0 aromatic rings. The van der Waals surface area contributed by atoms with Crippen LogP contribution in [0.2, 0.25) is 0 Å². The summed E-state index contributed by atoms with van der Waals surface area (Å²) in [6.45, 7) is 13.1. The predicted molar refractivity (Wildman–Crippen MR) is 150 cm³/mol. The molecule has 0 spiro atoms. The second-order valence-electron chi connectivity index (χ2n) is 16.9. The van der Waals surface area contributed by atoms with Crippen molar-refractivity contribution in [3.8, 4) is 0 Å². The molecule has 2 unspecified atom stereocenters. The van der Waals surface area contributed by atoms with Gasteiger partial charge >= 0.3 is 11.9 Å². The average Bonchev–Trinajstić information content (AvgIpc) is 3.83. The van der Waals surface area contributed by atoms with Crippen LogP contribution in [0.5, 0.6) is 0 Å². The molecule has 6 heteroatoms. The molecule has 0 amide bonds. The predicted octanol–water partition coefficient (Wildman–Crippen LogP) is 6.24. The maximum atomic E-state index is 13.1. The minimum absolute atomic E-state index is 0.0630. The number of aliphatic carboxylic acids is 1. The van der Waals surface area contributed by atoms with Gasteiger partial charge in [0.15, 0.2) is 0 Å². The summed E-state index contributed by atoms with van der Waals surface area (Å²) >= 11 is 0. The molecule has 0 aromatic heterocycles. The van der Waals surface area contributed by atoms with Gasteiger partial charge in [-0.15, -0.1) is 0 Å². The number of carbonyl (C=O) groups excluding carboxylic acids is 1. The van der Waals surface area contributed by atoms with Gasteiger partial charge in [0.25, 0.3) is 0 Å². The highest BCUT2D eigenvalue weighted by Crippen LogP contribution is 2.78. The van der Waals surface area contributed by atoms with Crippen LogP contribution in [0.1, 0.15) is 112 Å². The van der Waals surface area contributed by atoms with Gasteiger partial charge in [0, 0.05) is 0 Å². The summed E-state index contributed by atoms with van der Waals surface area (Å²) in [6, 6.07) is 0. The van der Waals surface area contributed by atoms with Crippen molar-refractivity contribution >= 4 is 11.9 Å². The number of epoxide rings is 1. The number of esters is 1. The smallest absolute Gasteiger partial charge is 0.309 e. The van der Waals surface area contributed by atoms with Crippen molar-refractivity contribution in [3.63, 3.8) is 0 Å². The Hall–Kier alpha value is -1.14. The summed E-state index contributed by atoms with van der Waals surface area (Å²) in [5, 5.41) is 21.8. The van der Waals surface area contributed by atoms with Gasteiger partial charge in [0.05, 0.1) is 24.0 Å². The van der Waals surface area contributed by atoms with Gasteiger partial charge in [-0.1, -0.05) is 34.6 Å². The number of ether oxygens (including phenoxy) is 2. The van der Waals surface area contributed by atoms with Gasteiger partial charge in [-0.3, -0.25) is 9.59 Å². The van der Waals surface area contributed by atoms with Gasteiger partial charge in [-0.25, -0.2) is 0 Å². The van der Waals surface area contributed by atoms with Crippen molar-refractivity contribution in [2.45, 2.75) is 123 Å². The summed E-state index contributed by atoms with van der Waals surface area (Å²) in [4.78, 5) is 25.6. The maximum Gasteiger partial charge on any atom is 0.309 e. The van der Waals surface area contributed by atoms with E-state index >= 15 is 0 Å². The quantitative estimate of drug-likeness (QED) is 0.308. The van der Waals surface area contributed by atoms with Crippen molar-refractivity contribution in [1.82, 2.24) is 0 Å². The van der Waals surface area contributed by atoms with Crippen LogP contribution in [0.3, 0.4) is 0 Å². The highest BCUT2D eigenvalue weighted by molar-refractivity contribution is 5.76. The molecule has 1 heterocycles. The number of hydrogen-bond donors (Lipinski definition) is 2. The molecule has 224 valence electrons. The molecule has 0 radical (unpaired) electrons. The monoisotopic (exact) mass is 556 g/mol. The van der Waals surface area contributed by atoms with Crippen LogP contribution in [0.4, 0.5) is 0 Å². The van der Waals surface area contributed by atoms with Gasteiger partial charge < -0.3 is 19.7 Å². The third-order valence-electron chi connectivity index (χ3n) is 15.4. The number of carboxylic acid groups (broad SMARTS) is 1. The number of fused-ring (bicyclic) bond motifs is 7. The molecule has 40 heavy (non-hydrogen) atoms. The first-order valence-electron chi connectivity index (χ1n) is 16.5. The lowest BCUT2D eigenvalue weighted by Crippen LogP contribution is -2.67. The normalized spacial score (nSPS) is 54.4. The third-order valence-corrected chi connectivity index (χ3v) is 15.4. The van der Waals surface area contributed by atoms with E-state index in [4.69, 9.17) is 9.47 Å². The lowest BCUT2D eigenvalue weighted by atomic mass is 9.32. The molecule has 2 N–H and O–H groups in total. The minimum Gasteiger partial charge on any atom is -0.481 e. The second-order valence-corrected chi connectivity index (χ2v) is 16.9. The van der Waals surface area contributed by atoms with Crippen LogP contribution >= 0.6 is 0 Å². The van der Waals surface area contributed by atoms with E-state index in [2.05, 4.69) is 34.6 Å². The van der Waals surface area contributed by atoms with E-state index < -0.39 is 17.0 Å². The molecule has 11 atom stereocenters. The van der Waals surface area contributed by atoms with E-state index in [0.29, 0.717) is 31.0 Å². The van der Waals surface area contributed by atoms with Gasteiger partial charge in [0.2, 0.25) is 0 Å². The Bertz CT molecular complexity index is 1090. The molecule has 0 aromatic carbocycles. The van der Waals surface area contributed by atoms with E-state index in [9.17, 15) is 19.8 Å². The van der Waals surface area contributed by atoms with Crippen molar-refractivity contribution in [1.29, 1.82) is 0 Å². The first-order chi connectivity index (χ1) is 18.8. The maximum absolute atomic E-state index is 13.1. The van der Waals surface area contributed by atoms with Gasteiger partial charge in [0.1, 0.15) is 12.2 Å². The number of aliphatic hydroxyl groups excluding tert-OH is 1. The largest absolute Gasteiger partial charge is 0.481 e. The number of carbonyl (C=O) groups is 2. The third kappa shape index (κ3) is 3.41. The number of aliphatic hydroxyl groups is 1. The summed E-state index contributed by atoms with van der Waals surface area (Å²) in [6.07, 6.45) is 11.5. The van der Waals surface area contributed by atoms with Crippen molar-refractivity contribution in [2.24, 2.45) is 62.6 Å².